The first kappa shape index (κ1) is 17.6. The molecule has 146 valence electrons. The Kier molecular flexibility index (Phi) is 4.35. The van der Waals surface area contributed by atoms with Crippen LogP contribution in [0, 0.1) is 0 Å². The van der Waals surface area contributed by atoms with Crippen molar-refractivity contribution in [3.8, 4) is 5.75 Å². The molecular formula is C24H22N2O3. The van der Waals surface area contributed by atoms with E-state index in [-0.39, 0.29) is 5.91 Å². The van der Waals surface area contributed by atoms with Gasteiger partial charge in [-0.2, -0.15) is 0 Å². The van der Waals surface area contributed by atoms with Crippen LogP contribution in [-0.2, 0) is 0 Å². The number of carbonyl (C=O) groups is 1. The Morgan fingerprint density at radius 1 is 0.897 bits per heavy atom. The van der Waals surface area contributed by atoms with Gasteiger partial charge in [-0.1, -0.05) is 42.5 Å². The zero-order chi connectivity index (χ0) is 19.8. The third-order valence-corrected chi connectivity index (χ3v) is 5.63. The molecule has 0 unspecified atom stereocenters. The van der Waals surface area contributed by atoms with Crippen molar-refractivity contribution in [3.63, 3.8) is 0 Å². The molecule has 5 rings (SSSR count). The molecule has 5 nitrogen and oxygen atoms in total. The summed E-state index contributed by atoms with van der Waals surface area (Å²) in [5.74, 6) is 1.21. The highest BCUT2D eigenvalue weighted by Crippen LogP contribution is 2.30. The van der Waals surface area contributed by atoms with Gasteiger partial charge in [0.15, 0.2) is 5.76 Å². The molecule has 0 radical (unpaired) electrons. The number of fused-ring (bicyclic) bond motifs is 3. The quantitative estimate of drug-likeness (QED) is 0.518. The highest BCUT2D eigenvalue weighted by Gasteiger charge is 2.26. The number of piperazine rings is 1. The van der Waals surface area contributed by atoms with E-state index >= 15 is 0 Å². The summed E-state index contributed by atoms with van der Waals surface area (Å²) in [6.45, 7) is 2.81. The molecule has 0 saturated carbocycles. The summed E-state index contributed by atoms with van der Waals surface area (Å²) >= 11 is 0. The summed E-state index contributed by atoms with van der Waals surface area (Å²) in [5, 5.41) is 3.23. The third-order valence-electron chi connectivity index (χ3n) is 5.63. The lowest BCUT2D eigenvalue weighted by Gasteiger charge is -2.36. The third kappa shape index (κ3) is 3.09. The summed E-state index contributed by atoms with van der Waals surface area (Å²) in [7, 11) is 1.68. The first-order chi connectivity index (χ1) is 14.2. The molecule has 0 spiro atoms. The summed E-state index contributed by atoms with van der Waals surface area (Å²) < 4.78 is 11.4. The van der Waals surface area contributed by atoms with Crippen molar-refractivity contribution in [1.82, 2.24) is 4.90 Å². The standard InChI is InChI=1S/C24H22N2O3/c1-28-22-9-5-4-8-20(22)25-12-14-26(15-13-25)24(27)23-16-19-18-7-3-2-6-17(18)10-11-21(19)29-23/h2-11,16H,12-15H2,1H3. The highest BCUT2D eigenvalue weighted by molar-refractivity contribution is 6.08. The second kappa shape index (κ2) is 7.17. The van der Waals surface area contributed by atoms with Gasteiger partial charge in [-0.15, -0.1) is 0 Å². The van der Waals surface area contributed by atoms with Crippen LogP contribution in [0.25, 0.3) is 21.7 Å². The van der Waals surface area contributed by atoms with E-state index in [4.69, 9.17) is 9.15 Å². The maximum atomic E-state index is 13.1. The Morgan fingerprint density at radius 2 is 1.66 bits per heavy atom. The normalized spacial score (nSPS) is 14.5. The number of methoxy groups -OCH3 is 1. The number of ether oxygens (including phenoxy) is 1. The fourth-order valence-electron chi connectivity index (χ4n) is 4.10. The van der Waals surface area contributed by atoms with E-state index in [0.717, 1.165) is 46.3 Å². The summed E-state index contributed by atoms with van der Waals surface area (Å²) in [6.07, 6.45) is 0. The number of hydrogen-bond donors (Lipinski definition) is 0. The molecule has 1 amide bonds. The lowest BCUT2D eigenvalue weighted by Crippen LogP contribution is -2.48. The van der Waals surface area contributed by atoms with Gasteiger partial charge >= 0.3 is 0 Å². The van der Waals surface area contributed by atoms with Crippen LogP contribution in [0.4, 0.5) is 5.69 Å². The van der Waals surface area contributed by atoms with Crippen molar-refractivity contribution in [3.05, 3.63) is 72.5 Å². The van der Waals surface area contributed by atoms with E-state index in [1.54, 1.807) is 7.11 Å². The van der Waals surface area contributed by atoms with Crippen molar-refractivity contribution in [2.24, 2.45) is 0 Å². The Bertz CT molecular complexity index is 1190. The molecule has 1 aromatic heterocycles. The van der Waals surface area contributed by atoms with Crippen LogP contribution in [0.1, 0.15) is 10.6 Å². The zero-order valence-corrected chi connectivity index (χ0v) is 16.3. The molecule has 3 aromatic carbocycles. The molecule has 0 N–H and O–H groups in total. The average Bonchev–Trinajstić information content (AvgIpc) is 3.23. The molecule has 1 aliphatic heterocycles. The highest BCUT2D eigenvalue weighted by atomic mass is 16.5. The Morgan fingerprint density at radius 3 is 2.48 bits per heavy atom. The van der Waals surface area contributed by atoms with Gasteiger partial charge in [0.05, 0.1) is 12.8 Å². The number of carbonyl (C=O) groups excluding carboxylic acids is 1. The van der Waals surface area contributed by atoms with Crippen LogP contribution in [0.3, 0.4) is 0 Å². The number of benzene rings is 3. The molecule has 5 heteroatoms. The van der Waals surface area contributed by atoms with E-state index in [1.165, 1.54) is 0 Å². The number of para-hydroxylation sites is 2. The van der Waals surface area contributed by atoms with Gasteiger partial charge in [-0.05, 0) is 35.0 Å². The lowest BCUT2D eigenvalue weighted by atomic mass is 10.1. The van der Waals surface area contributed by atoms with Crippen molar-refractivity contribution in [2.75, 3.05) is 38.2 Å². The molecule has 0 aliphatic carbocycles. The lowest BCUT2D eigenvalue weighted by molar-refractivity contribution is 0.0717. The van der Waals surface area contributed by atoms with E-state index < -0.39 is 0 Å². The largest absolute Gasteiger partial charge is 0.495 e. The van der Waals surface area contributed by atoms with Gasteiger partial charge in [-0.25, -0.2) is 0 Å². The monoisotopic (exact) mass is 386 g/mol. The minimum Gasteiger partial charge on any atom is -0.495 e. The zero-order valence-electron chi connectivity index (χ0n) is 16.3. The molecule has 1 saturated heterocycles. The fraction of sp³-hybridized carbons (Fsp3) is 0.208. The molecule has 0 bridgehead atoms. The van der Waals surface area contributed by atoms with Gasteiger partial charge in [0.1, 0.15) is 11.3 Å². The molecule has 1 fully saturated rings. The van der Waals surface area contributed by atoms with Crippen LogP contribution in [0.5, 0.6) is 5.75 Å². The van der Waals surface area contributed by atoms with Gasteiger partial charge < -0.3 is 19.0 Å². The maximum Gasteiger partial charge on any atom is 0.289 e. The minimum atomic E-state index is -0.0510. The minimum absolute atomic E-state index is 0.0510. The molecule has 4 aromatic rings. The molecule has 2 heterocycles. The second-order valence-corrected chi connectivity index (χ2v) is 7.26. The SMILES string of the molecule is COc1ccccc1N1CCN(C(=O)c2cc3c(ccc4ccccc43)o2)CC1. The second-order valence-electron chi connectivity index (χ2n) is 7.26. The number of amides is 1. The summed E-state index contributed by atoms with van der Waals surface area (Å²) in [6, 6.07) is 22.0. The average molecular weight is 386 g/mol. The number of nitrogens with zero attached hydrogens (tertiary/aromatic N) is 2. The van der Waals surface area contributed by atoms with E-state index in [9.17, 15) is 4.79 Å². The van der Waals surface area contributed by atoms with E-state index in [0.29, 0.717) is 18.8 Å². The van der Waals surface area contributed by atoms with Crippen molar-refractivity contribution in [1.29, 1.82) is 0 Å². The van der Waals surface area contributed by atoms with Crippen LogP contribution >= 0.6 is 0 Å². The van der Waals surface area contributed by atoms with Crippen LogP contribution in [0.15, 0.2) is 71.1 Å². The number of hydrogen-bond acceptors (Lipinski definition) is 4. The predicted molar refractivity (Wildman–Crippen MR) is 115 cm³/mol. The molecular weight excluding hydrogens is 364 g/mol. The Labute approximate surface area is 169 Å². The van der Waals surface area contributed by atoms with Crippen LogP contribution in [0.2, 0.25) is 0 Å². The molecule has 0 atom stereocenters. The number of anilines is 1. The number of furan rings is 1. The first-order valence-electron chi connectivity index (χ1n) is 9.83. The van der Waals surface area contributed by atoms with Crippen LogP contribution < -0.4 is 9.64 Å². The molecule has 29 heavy (non-hydrogen) atoms. The van der Waals surface area contributed by atoms with Gasteiger partial charge in [0.25, 0.3) is 5.91 Å². The first-order valence-corrected chi connectivity index (χ1v) is 9.83. The van der Waals surface area contributed by atoms with Crippen molar-refractivity contribution < 1.29 is 13.9 Å². The number of rotatable bonds is 3. The smallest absolute Gasteiger partial charge is 0.289 e. The fourth-order valence-corrected chi connectivity index (χ4v) is 4.10. The molecule has 1 aliphatic rings. The Balaban J connectivity index is 1.36. The maximum absolute atomic E-state index is 13.1. The van der Waals surface area contributed by atoms with Crippen molar-refractivity contribution >= 4 is 33.3 Å². The summed E-state index contributed by atoms with van der Waals surface area (Å²) in [5.41, 5.74) is 1.82. The van der Waals surface area contributed by atoms with E-state index in [2.05, 4.69) is 23.1 Å². The van der Waals surface area contributed by atoms with Gasteiger partial charge in [0.2, 0.25) is 0 Å². The predicted octanol–water partition coefficient (Wildman–Crippen LogP) is 4.56. The van der Waals surface area contributed by atoms with Gasteiger partial charge in [0, 0.05) is 31.6 Å². The summed E-state index contributed by atoms with van der Waals surface area (Å²) in [4.78, 5) is 17.2. The van der Waals surface area contributed by atoms with Gasteiger partial charge in [-0.3, -0.25) is 4.79 Å². The van der Waals surface area contributed by atoms with Crippen LogP contribution in [-0.4, -0.2) is 44.1 Å². The Hall–Kier alpha value is -3.47. The topological polar surface area (TPSA) is 45.9 Å². The van der Waals surface area contributed by atoms with Crippen molar-refractivity contribution in [2.45, 2.75) is 0 Å². The van der Waals surface area contributed by atoms with E-state index in [1.807, 2.05) is 53.4 Å².